The van der Waals surface area contributed by atoms with Gasteiger partial charge in [0.2, 0.25) is 23.7 Å². The number of aromatic nitrogens is 4. The smallest absolute Gasteiger partial charge is 0.422 e. The predicted octanol–water partition coefficient (Wildman–Crippen LogP) is 5.90. The van der Waals surface area contributed by atoms with E-state index in [0.717, 1.165) is 18.9 Å². The summed E-state index contributed by atoms with van der Waals surface area (Å²) in [7, 11) is 0. The third kappa shape index (κ3) is 6.17. The van der Waals surface area contributed by atoms with Crippen molar-refractivity contribution in [1.82, 2.24) is 19.9 Å². The molecule has 1 aromatic carbocycles. The average molecular weight is 607 g/mol. The third-order valence-electron chi connectivity index (χ3n) is 6.85. The van der Waals surface area contributed by atoms with Crippen molar-refractivity contribution in [3.05, 3.63) is 53.6 Å². The molecule has 222 valence electrons. The molecule has 3 aromatic rings. The summed E-state index contributed by atoms with van der Waals surface area (Å²) in [5.41, 5.74) is 1.08. The number of alkyl halides is 3. The van der Waals surface area contributed by atoms with Gasteiger partial charge in [0.25, 0.3) is 0 Å². The number of benzene rings is 1. The number of hydrogen-bond donors (Lipinski definition) is 2. The summed E-state index contributed by atoms with van der Waals surface area (Å²) >= 11 is 6.07. The van der Waals surface area contributed by atoms with Crippen molar-refractivity contribution < 1.29 is 27.1 Å². The van der Waals surface area contributed by atoms with Crippen molar-refractivity contribution in [2.24, 2.45) is 0 Å². The molecule has 4 heterocycles. The Morgan fingerprint density at radius 3 is 2.60 bits per heavy atom. The normalized spacial score (nSPS) is 15.9. The zero-order chi connectivity index (χ0) is 30.2. The number of halogens is 5. The summed E-state index contributed by atoms with van der Waals surface area (Å²) in [6, 6.07) is 4.29. The second kappa shape index (κ2) is 11.2. The molecule has 0 aliphatic carbocycles. The molecule has 1 amide bonds. The van der Waals surface area contributed by atoms with Gasteiger partial charge in [0, 0.05) is 30.7 Å². The number of carbonyl (C=O) groups is 1. The highest BCUT2D eigenvalue weighted by atomic mass is 35.5. The van der Waals surface area contributed by atoms with Crippen LogP contribution in [0.2, 0.25) is 5.02 Å². The molecular weight excluding hydrogens is 580 g/mol. The van der Waals surface area contributed by atoms with Crippen LogP contribution in [0, 0.1) is 5.82 Å². The quantitative estimate of drug-likeness (QED) is 0.239. The van der Waals surface area contributed by atoms with E-state index in [0.29, 0.717) is 30.9 Å². The molecule has 0 radical (unpaired) electrons. The Morgan fingerprint density at radius 1 is 1.17 bits per heavy atom. The molecule has 2 aliphatic rings. The Kier molecular flexibility index (Phi) is 7.84. The van der Waals surface area contributed by atoms with Crippen LogP contribution in [-0.4, -0.2) is 58.3 Å². The van der Waals surface area contributed by atoms with E-state index in [2.05, 4.69) is 37.1 Å². The van der Waals surface area contributed by atoms with E-state index in [1.54, 1.807) is 4.90 Å². The summed E-state index contributed by atoms with van der Waals surface area (Å²) in [6.07, 6.45) is -0.613. The minimum absolute atomic E-state index is 0.0222. The predicted molar refractivity (Wildman–Crippen MR) is 151 cm³/mol. The molecule has 2 N–H and O–H groups in total. The fourth-order valence-electron chi connectivity index (χ4n) is 4.93. The number of rotatable bonds is 8. The second-order valence-electron chi connectivity index (χ2n) is 10.5. The highest BCUT2D eigenvalue weighted by molar-refractivity contribution is 6.31. The number of nitrogens with one attached hydrogen (secondary N) is 2. The number of fused-ring (bicyclic) bond motifs is 1. The molecule has 15 heteroatoms. The molecule has 2 aromatic heterocycles. The largest absolute Gasteiger partial charge is 0.466 e. The van der Waals surface area contributed by atoms with Crippen LogP contribution in [0.4, 0.5) is 52.3 Å². The van der Waals surface area contributed by atoms with Crippen molar-refractivity contribution in [1.29, 1.82) is 0 Å². The number of ether oxygens (including phenoxy) is 1. The maximum Gasteiger partial charge on any atom is 0.422 e. The Labute approximate surface area is 243 Å². The van der Waals surface area contributed by atoms with E-state index < -0.39 is 29.9 Å². The Bertz CT molecular complexity index is 1530. The fraction of sp³-hybridized carbons (Fsp3) is 0.370. The zero-order valence-electron chi connectivity index (χ0n) is 22.7. The monoisotopic (exact) mass is 606 g/mol. The number of hydrogen-bond acceptors (Lipinski definition) is 9. The number of pyridine rings is 1. The lowest BCUT2D eigenvalue weighted by atomic mass is 9.87. The van der Waals surface area contributed by atoms with Gasteiger partial charge in [0.1, 0.15) is 17.8 Å². The molecule has 2 aliphatic heterocycles. The standard InChI is InChI=1S/C27H27ClF4N8O2/c1-4-21(41)35-18-11-19(23(42-13-27(30,31)32)37-22(18)39-7-5-6-8-39)36-24-33-14-34-25(38-24)40-12-26(2,3)15-9-17(29)16(28)10-20(15)40/h4,9-11,14H,1,5-8,12-13H2,2-3H3,(H,35,41)(H,33,34,36,38). The van der Waals surface area contributed by atoms with Gasteiger partial charge in [-0.05, 0) is 42.7 Å². The van der Waals surface area contributed by atoms with Crippen LogP contribution in [0.25, 0.3) is 0 Å². The van der Waals surface area contributed by atoms with Crippen LogP contribution in [0.5, 0.6) is 5.88 Å². The van der Waals surface area contributed by atoms with E-state index in [1.807, 2.05) is 18.7 Å². The summed E-state index contributed by atoms with van der Waals surface area (Å²) in [6.45, 7) is 7.36. The van der Waals surface area contributed by atoms with Crippen molar-refractivity contribution in [2.75, 3.05) is 46.7 Å². The van der Waals surface area contributed by atoms with E-state index in [4.69, 9.17) is 16.3 Å². The summed E-state index contributed by atoms with van der Waals surface area (Å²) in [4.78, 5) is 33.0. The lowest BCUT2D eigenvalue weighted by Gasteiger charge is -2.23. The van der Waals surface area contributed by atoms with Gasteiger partial charge in [-0.2, -0.15) is 23.1 Å². The first-order chi connectivity index (χ1) is 19.8. The molecule has 0 saturated carbocycles. The number of amides is 1. The molecule has 0 bridgehead atoms. The van der Waals surface area contributed by atoms with Crippen LogP contribution in [0.1, 0.15) is 32.3 Å². The maximum absolute atomic E-state index is 14.3. The molecular formula is C27H27ClF4N8O2. The van der Waals surface area contributed by atoms with Gasteiger partial charge in [-0.15, -0.1) is 0 Å². The van der Waals surface area contributed by atoms with Crippen LogP contribution in [-0.2, 0) is 10.2 Å². The molecule has 5 rings (SSSR count). The lowest BCUT2D eigenvalue weighted by Crippen LogP contribution is -2.26. The van der Waals surface area contributed by atoms with Crippen LogP contribution >= 0.6 is 11.6 Å². The van der Waals surface area contributed by atoms with Gasteiger partial charge in [-0.25, -0.2) is 14.4 Å². The highest BCUT2D eigenvalue weighted by Gasteiger charge is 2.38. The van der Waals surface area contributed by atoms with Gasteiger partial charge in [-0.3, -0.25) is 4.79 Å². The van der Waals surface area contributed by atoms with E-state index in [-0.39, 0.29) is 40.0 Å². The minimum atomic E-state index is -4.63. The Morgan fingerprint density at radius 2 is 1.90 bits per heavy atom. The fourth-order valence-corrected chi connectivity index (χ4v) is 5.08. The van der Waals surface area contributed by atoms with Crippen molar-refractivity contribution in [2.45, 2.75) is 38.3 Å². The van der Waals surface area contributed by atoms with Crippen LogP contribution in [0.3, 0.4) is 0 Å². The van der Waals surface area contributed by atoms with Gasteiger partial charge in [0.05, 0.1) is 10.7 Å². The number of nitrogens with zero attached hydrogens (tertiary/aromatic N) is 6. The molecule has 0 spiro atoms. The highest BCUT2D eigenvalue weighted by Crippen LogP contribution is 2.45. The summed E-state index contributed by atoms with van der Waals surface area (Å²) in [5.74, 6) is -1.00. The molecule has 42 heavy (non-hydrogen) atoms. The molecule has 0 atom stereocenters. The summed E-state index contributed by atoms with van der Waals surface area (Å²) in [5, 5.41) is 5.47. The third-order valence-corrected chi connectivity index (χ3v) is 7.14. The molecule has 1 saturated heterocycles. The molecule has 0 unspecified atom stereocenters. The zero-order valence-corrected chi connectivity index (χ0v) is 23.5. The SMILES string of the molecule is C=CC(=O)Nc1cc(Nc2ncnc(N3CC(C)(C)c4cc(F)c(Cl)cc43)n2)c(OCC(F)(F)F)nc1N1CCCC1. The van der Waals surface area contributed by atoms with Crippen molar-refractivity contribution in [3.8, 4) is 5.88 Å². The van der Waals surface area contributed by atoms with Gasteiger partial charge in [-0.1, -0.05) is 32.0 Å². The first-order valence-electron chi connectivity index (χ1n) is 13.0. The Hall–Kier alpha value is -4.20. The van der Waals surface area contributed by atoms with E-state index in [1.165, 1.54) is 24.5 Å². The molecule has 10 nitrogen and oxygen atoms in total. The first-order valence-corrected chi connectivity index (χ1v) is 13.4. The molecule has 1 fully saturated rings. The lowest BCUT2D eigenvalue weighted by molar-refractivity contribution is -0.153. The van der Waals surface area contributed by atoms with Gasteiger partial charge in [0.15, 0.2) is 12.4 Å². The van der Waals surface area contributed by atoms with E-state index >= 15 is 0 Å². The summed E-state index contributed by atoms with van der Waals surface area (Å²) < 4.78 is 58.8. The average Bonchev–Trinajstić information content (AvgIpc) is 3.55. The number of carbonyl (C=O) groups excluding carboxylic acids is 1. The van der Waals surface area contributed by atoms with Crippen molar-refractivity contribution >= 4 is 52.3 Å². The van der Waals surface area contributed by atoms with Crippen LogP contribution < -0.4 is 25.2 Å². The maximum atomic E-state index is 14.3. The minimum Gasteiger partial charge on any atom is -0.466 e. The number of anilines is 6. The van der Waals surface area contributed by atoms with Gasteiger partial charge < -0.3 is 25.2 Å². The Balaban J connectivity index is 1.53. The van der Waals surface area contributed by atoms with E-state index in [9.17, 15) is 22.4 Å². The van der Waals surface area contributed by atoms with Gasteiger partial charge >= 0.3 is 6.18 Å². The second-order valence-corrected chi connectivity index (χ2v) is 10.9. The van der Waals surface area contributed by atoms with Crippen LogP contribution in [0.15, 0.2) is 37.2 Å². The first kappa shape index (κ1) is 29.3. The topological polar surface area (TPSA) is 108 Å². The van der Waals surface area contributed by atoms with Crippen molar-refractivity contribution in [3.63, 3.8) is 0 Å².